The van der Waals surface area contributed by atoms with Crippen LogP contribution >= 0.6 is 11.6 Å². The van der Waals surface area contributed by atoms with Crippen LogP contribution in [0.25, 0.3) is 5.65 Å². The maximum atomic E-state index is 5.95. The third-order valence-corrected chi connectivity index (χ3v) is 3.19. The third-order valence-electron chi connectivity index (χ3n) is 2.97. The lowest BCUT2D eigenvalue weighted by Crippen LogP contribution is -2.15. The molecule has 2 heterocycles. The summed E-state index contributed by atoms with van der Waals surface area (Å²) in [5.74, 6) is 0. The van der Waals surface area contributed by atoms with Crippen molar-refractivity contribution in [2.75, 3.05) is 13.2 Å². The summed E-state index contributed by atoms with van der Waals surface area (Å²) in [5.41, 5.74) is 1.96. The van der Waals surface area contributed by atoms with Crippen LogP contribution in [-0.4, -0.2) is 28.6 Å². The lowest BCUT2D eigenvalue weighted by molar-refractivity contribution is 0.0760. The molecule has 5 heteroatoms. The molecule has 110 valence electrons. The molecule has 0 aliphatic rings. The van der Waals surface area contributed by atoms with Gasteiger partial charge >= 0.3 is 0 Å². The van der Waals surface area contributed by atoms with Crippen molar-refractivity contribution >= 4 is 17.2 Å². The molecule has 0 unspecified atom stereocenters. The second-order valence-electron chi connectivity index (χ2n) is 5.15. The van der Waals surface area contributed by atoms with Gasteiger partial charge in [-0.2, -0.15) is 0 Å². The van der Waals surface area contributed by atoms with Crippen LogP contribution in [0.1, 0.15) is 32.4 Å². The fraction of sp³-hybridized carbons (Fsp3) is 0.533. The smallest absolute Gasteiger partial charge is 0.137 e. The minimum atomic E-state index is 0.327. The number of imidazole rings is 1. The second kappa shape index (κ2) is 7.62. The zero-order chi connectivity index (χ0) is 14.4. The van der Waals surface area contributed by atoms with Crippen LogP contribution in [0, 0.1) is 0 Å². The van der Waals surface area contributed by atoms with E-state index >= 15 is 0 Å². The van der Waals surface area contributed by atoms with E-state index in [2.05, 4.69) is 24.1 Å². The van der Waals surface area contributed by atoms with E-state index in [1.807, 2.05) is 28.9 Å². The summed E-state index contributed by atoms with van der Waals surface area (Å²) < 4.78 is 7.46. The van der Waals surface area contributed by atoms with Crippen molar-refractivity contribution in [2.45, 2.75) is 39.3 Å². The van der Waals surface area contributed by atoms with Gasteiger partial charge in [0.2, 0.25) is 0 Å². The molecule has 0 aromatic carbocycles. The highest BCUT2D eigenvalue weighted by Crippen LogP contribution is 2.11. The van der Waals surface area contributed by atoms with Gasteiger partial charge in [0.15, 0.2) is 0 Å². The molecule has 0 radical (unpaired) electrons. The molecule has 4 nitrogen and oxygen atoms in total. The fourth-order valence-electron chi connectivity index (χ4n) is 1.99. The van der Waals surface area contributed by atoms with E-state index < -0.39 is 0 Å². The number of ether oxygens (including phenoxy) is 1. The molecule has 0 aliphatic carbocycles. The van der Waals surface area contributed by atoms with E-state index in [1.165, 1.54) is 0 Å². The molecule has 2 rings (SSSR count). The van der Waals surface area contributed by atoms with Gasteiger partial charge in [-0.1, -0.05) is 11.6 Å². The van der Waals surface area contributed by atoms with Crippen molar-refractivity contribution in [1.82, 2.24) is 14.7 Å². The third kappa shape index (κ3) is 4.78. The highest BCUT2D eigenvalue weighted by atomic mass is 35.5. The lowest BCUT2D eigenvalue weighted by atomic mass is 10.3. The molecule has 2 aromatic rings. The van der Waals surface area contributed by atoms with Crippen LogP contribution in [0.4, 0.5) is 0 Å². The van der Waals surface area contributed by atoms with E-state index in [9.17, 15) is 0 Å². The predicted octanol–water partition coefficient (Wildman–Crippen LogP) is 3.28. The number of hydrogen-bond acceptors (Lipinski definition) is 3. The van der Waals surface area contributed by atoms with Crippen molar-refractivity contribution in [3.8, 4) is 0 Å². The molecular formula is C15H22ClN3O. The topological polar surface area (TPSA) is 38.6 Å². The zero-order valence-corrected chi connectivity index (χ0v) is 12.9. The molecule has 2 aromatic heterocycles. The number of nitrogens with zero attached hydrogens (tertiary/aromatic N) is 2. The number of nitrogens with one attached hydrogen (secondary N) is 1. The van der Waals surface area contributed by atoms with Crippen molar-refractivity contribution in [3.05, 3.63) is 35.2 Å². The molecule has 20 heavy (non-hydrogen) atoms. The predicted molar refractivity (Wildman–Crippen MR) is 82.2 cm³/mol. The SMILES string of the molecule is CC(C)OCCCCNCc1cn2cc(Cl)ccc2n1. The van der Waals surface area contributed by atoms with E-state index in [1.54, 1.807) is 0 Å². The minimum absolute atomic E-state index is 0.327. The van der Waals surface area contributed by atoms with Crippen LogP contribution in [-0.2, 0) is 11.3 Å². The molecule has 0 fully saturated rings. The minimum Gasteiger partial charge on any atom is -0.379 e. The van der Waals surface area contributed by atoms with Crippen molar-refractivity contribution in [2.24, 2.45) is 0 Å². The highest BCUT2D eigenvalue weighted by molar-refractivity contribution is 6.30. The molecule has 0 spiro atoms. The first kappa shape index (κ1) is 15.3. The Bertz CT molecular complexity index is 539. The van der Waals surface area contributed by atoms with Gasteiger partial charge in [0.1, 0.15) is 5.65 Å². The zero-order valence-electron chi connectivity index (χ0n) is 12.1. The first-order valence-electron chi connectivity index (χ1n) is 7.10. The largest absolute Gasteiger partial charge is 0.379 e. The monoisotopic (exact) mass is 295 g/mol. The number of rotatable bonds is 8. The molecule has 0 bridgehead atoms. The van der Waals surface area contributed by atoms with Gasteiger partial charge in [-0.3, -0.25) is 0 Å². The van der Waals surface area contributed by atoms with Gasteiger partial charge in [-0.05, 0) is 45.4 Å². The molecular weight excluding hydrogens is 274 g/mol. The second-order valence-corrected chi connectivity index (χ2v) is 5.58. The van der Waals surface area contributed by atoms with E-state index in [0.717, 1.165) is 48.9 Å². The quantitative estimate of drug-likeness (QED) is 0.760. The summed E-state index contributed by atoms with van der Waals surface area (Å²) in [6.45, 7) is 6.73. The Labute approximate surface area is 125 Å². The molecule has 1 N–H and O–H groups in total. The Kier molecular flexibility index (Phi) is 5.83. The van der Waals surface area contributed by atoms with Gasteiger partial charge in [0.25, 0.3) is 0 Å². The molecule has 0 atom stereocenters. The molecule has 0 amide bonds. The summed E-state index contributed by atoms with van der Waals surface area (Å²) in [5, 5.41) is 4.12. The van der Waals surface area contributed by atoms with Crippen LogP contribution in [0.15, 0.2) is 24.5 Å². The van der Waals surface area contributed by atoms with E-state index in [-0.39, 0.29) is 0 Å². The Morgan fingerprint density at radius 1 is 1.30 bits per heavy atom. The van der Waals surface area contributed by atoms with E-state index in [0.29, 0.717) is 6.10 Å². The molecule has 0 aliphatic heterocycles. The van der Waals surface area contributed by atoms with Crippen molar-refractivity contribution in [1.29, 1.82) is 0 Å². The number of aromatic nitrogens is 2. The van der Waals surface area contributed by atoms with Crippen molar-refractivity contribution < 1.29 is 4.74 Å². The number of unbranched alkanes of at least 4 members (excludes halogenated alkanes) is 1. The summed E-state index contributed by atoms with van der Waals surface area (Å²) in [6.07, 6.45) is 6.41. The fourth-order valence-corrected chi connectivity index (χ4v) is 2.16. The van der Waals surface area contributed by atoms with Gasteiger partial charge in [0, 0.05) is 25.5 Å². The average molecular weight is 296 g/mol. The summed E-state index contributed by atoms with van der Waals surface area (Å²) >= 11 is 5.95. The van der Waals surface area contributed by atoms with Crippen LogP contribution in [0.3, 0.4) is 0 Å². The Morgan fingerprint density at radius 3 is 2.95 bits per heavy atom. The highest BCUT2D eigenvalue weighted by Gasteiger charge is 2.01. The van der Waals surface area contributed by atoms with Crippen molar-refractivity contribution in [3.63, 3.8) is 0 Å². The summed E-state index contributed by atoms with van der Waals surface area (Å²) in [7, 11) is 0. The Balaban J connectivity index is 1.68. The first-order chi connectivity index (χ1) is 9.65. The first-order valence-corrected chi connectivity index (χ1v) is 7.48. The number of fused-ring (bicyclic) bond motifs is 1. The van der Waals surface area contributed by atoms with Gasteiger partial charge in [-0.15, -0.1) is 0 Å². The number of pyridine rings is 1. The van der Waals surface area contributed by atoms with Gasteiger partial charge in [-0.25, -0.2) is 4.98 Å². The van der Waals surface area contributed by atoms with Gasteiger partial charge in [0.05, 0.1) is 16.8 Å². The maximum Gasteiger partial charge on any atom is 0.137 e. The number of halogens is 1. The standard InChI is InChI=1S/C15H22ClN3O/c1-12(2)20-8-4-3-7-17-9-14-11-19-10-13(16)5-6-15(19)18-14/h5-6,10-12,17H,3-4,7-9H2,1-2H3. The van der Waals surface area contributed by atoms with E-state index in [4.69, 9.17) is 16.3 Å². The molecule has 0 saturated heterocycles. The van der Waals surface area contributed by atoms with Gasteiger partial charge < -0.3 is 14.5 Å². The summed E-state index contributed by atoms with van der Waals surface area (Å²) in [6, 6.07) is 3.78. The van der Waals surface area contributed by atoms with Crippen LogP contribution in [0.5, 0.6) is 0 Å². The maximum absolute atomic E-state index is 5.95. The molecule has 0 saturated carbocycles. The normalized spacial score (nSPS) is 11.6. The summed E-state index contributed by atoms with van der Waals surface area (Å²) in [4.78, 5) is 4.53. The average Bonchev–Trinajstić information content (AvgIpc) is 2.79. The lowest BCUT2D eigenvalue weighted by Gasteiger charge is -2.07. The van der Waals surface area contributed by atoms with Crippen LogP contribution < -0.4 is 5.32 Å². The number of hydrogen-bond donors (Lipinski definition) is 1. The Hall–Kier alpha value is -1.10. The Morgan fingerprint density at radius 2 is 2.15 bits per heavy atom. The van der Waals surface area contributed by atoms with Crippen LogP contribution in [0.2, 0.25) is 5.02 Å².